The lowest BCUT2D eigenvalue weighted by molar-refractivity contribution is 0.0353. The number of nitrogens with zero attached hydrogens (tertiary/aromatic N) is 2. The fourth-order valence-electron chi connectivity index (χ4n) is 4.50. The second-order valence-corrected chi connectivity index (χ2v) is 9.43. The number of fused-ring (bicyclic) bond motifs is 2. The van der Waals surface area contributed by atoms with Crippen LogP contribution in [-0.2, 0) is 4.74 Å². The van der Waals surface area contributed by atoms with Gasteiger partial charge in [0.2, 0.25) is 5.76 Å². The van der Waals surface area contributed by atoms with Gasteiger partial charge in [-0.2, -0.15) is 0 Å². The Bertz CT molecular complexity index is 1220. The van der Waals surface area contributed by atoms with Crippen LogP contribution in [0.3, 0.4) is 0 Å². The summed E-state index contributed by atoms with van der Waals surface area (Å²) >= 11 is 9.52. The zero-order chi connectivity index (χ0) is 22.2. The average molecular weight is 518 g/mol. The molecule has 3 aromatic rings. The molecule has 2 aromatic carbocycles. The average Bonchev–Trinajstić information content (AvgIpc) is 3.08. The maximum atomic E-state index is 13.5. The molecule has 1 atom stereocenters. The topological polar surface area (TPSA) is 63.0 Å². The maximum absolute atomic E-state index is 13.5. The van der Waals surface area contributed by atoms with E-state index in [9.17, 15) is 9.59 Å². The van der Waals surface area contributed by atoms with Crippen molar-refractivity contribution in [2.75, 3.05) is 39.4 Å². The number of hydrogen-bond acceptors (Lipinski definition) is 5. The van der Waals surface area contributed by atoms with Crippen molar-refractivity contribution in [1.29, 1.82) is 0 Å². The van der Waals surface area contributed by atoms with Crippen LogP contribution >= 0.6 is 27.5 Å². The number of hydrogen-bond donors (Lipinski definition) is 0. The van der Waals surface area contributed by atoms with Gasteiger partial charge in [-0.05, 0) is 42.3 Å². The molecule has 1 saturated heterocycles. The second kappa shape index (κ2) is 8.98. The Labute approximate surface area is 198 Å². The fourth-order valence-corrected chi connectivity index (χ4v) is 4.99. The molecule has 0 bridgehead atoms. The lowest BCUT2D eigenvalue weighted by atomic mass is 9.98. The van der Waals surface area contributed by atoms with Crippen molar-refractivity contribution in [1.82, 2.24) is 9.80 Å². The maximum Gasteiger partial charge on any atom is 0.290 e. The van der Waals surface area contributed by atoms with Crippen LogP contribution in [0.2, 0.25) is 5.02 Å². The van der Waals surface area contributed by atoms with Gasteiger partial charge in [0.25, 0.3) is 5.91 Å². The summed E-state index contributed by atoms with van der Waals surface area (Å²) in [5, 5.41) is 1.06. The number of amides is 1. The van der Waals surface area contributed by atoms with Crippen LogP contribution < -0.4 is 5.43 Å². The first kappa shape index (κ1) is 21.6. The van der Waals surface area contributed by atoms with Gasteiger partial charge in [-0.3, -0.25) is 14.5 Å². The first-order valence-corrected chi connectivity index (χ1v) is 11.8. The molecular formula is C24H22BrClN2O4. The predicted molar refractivity (Wildman–Crippen MR) is 126 cm³/mol. The summed E-state index contributed by atoms with van der Waals surface area (Å²) in [6.45, 7) is 4.66. The standard InChI is InChI=1S/C24H22BrClN2O4/c25-16-4-7-19-18(14-16)22(29)20-21(15-2-5-17(26)6-3-15)28(24(30)23(20)32-19)9-1-8-27-10-12-31-13-11-27/h2-7,14,21H,1,8-13H2/t21-/m0/s1. The molecule has 0 radical (unpaired) electrons. The largest absolute Gasteiger partial charge is 0.450 e. The number of ether oxygens (including phenoxy) is 1. The van der Waals surface area contributed by atoms with E-state index in [1.54, 1.807) is 35.2 Å². The highest BCUT2D eigenvalue weighted by molar-refractivity contribution is 9.10. The quantitative estimate of drug-likeness (QED) is 0.499. The Morgan fingerprint density at radius 2 is 1.78 bits per heavy atom. The van der Waals surface area contributed by atoms with Gasteiger partial charge in [0.05, 0.1) is 30.2 Å². The summed E-state index contributed by atoms with van der Waals surface area (Å²) < 4.78 is 12.2. The summed E-state index contributed by atoms with van der Waals surface area (Å²) in [6, 6.07) is 12.1. The molecule has 5 rings (SSSR count). The van der Waals surface area contributed by atoms with Gasteiger partial charge in [-0.25, -0.2) is 0 Å². The van der Waals surface area contributed by atoms with Gasteiger partial charge in [-0.15, -0.1) is 0 Å². The van der Waals surface area contributed by atoms with Crippen LogP contribution in [0.1, 0.15) is 34.1 Å². The number of morpholine rings is 1. The lowest BCUT2D eigenvalue weighted by Gasteiger charge is -2.29. The Morgan fingerprint density at radius 1 is 1.03 bits per heavy atom. The van der Waals surface area contributed by atoms with E-state index in [1.165, 1.54) is 0 Å². The van der Waals surface area contributed by atoms with E-state index >= 15 is 0 Å². The SMILES string of the molecule is O=C1c2oc3ccc(Br)cc3c(=O)c2[C@H](c2ccc(Cl)cc2)N1CCCN1CCOCC1. The van der Waals surface area contributed by atoms with Gasteiger partial charge in [0, 0.05) is 35.7 Å². The number of carbonyl (C=O) groups is 1. The summed E-state index contributed by atoms with van der Waals surface area (Å²) in [6.07, 6.45) is 0.795. The van der Waals surface area contributed by atoms with E-state index in [2.05, 4.69) is 20.8 Å². The predicted octanol–water partition coefficient (Wildman–Crippen LogP) is 4.48. The third-order valence-electron chi connectivity index (χ3n) is 6.09. The minimum Gasteiger partial charge on any atom is -0.450 e. The number of carbonyl (C=O) groups excluding carboxylic acids is 1. The molecule has 1 aromatic heterocycles. The Balaban J connectivity index is 1.53. The molecule has 1 fully saturated rings. The molecule has 6 nitrogen and oxygen atoms in total. The van der Waals surface area contributed by atoms with Crippen LogP contribution in [-0.4, -0.2) is 55.1 Å². The number of rotatable bonds is 5. The Hall–Kier alpha value is -2.19. The first-order chi connectivity index (χ1) is 15.5. The molecule has 8 heteroatoms. The van der Waals surface area contributed by atoms with Crippen LogP contribution in [0, 0.1) is 0 Å². The highest BCUT2D eigenvalue weighted by atomic mass is 79.9. The third kappa shape index (κ3) is 3.99. The smallest absolute Gasteiger partial charge is 0.290 e. The van der Waals surface area contributed by atoms with Crippen molar-refractivity contribution in [3.63, 3.8) is 0 Å². The first-order valence-electron chi connectivity index (χ1n) is 10.7. The van der Waals surface area contributed by atoms with Gasteiger partial charge < -0.3 is 14.1 Å². The van der Waals surface area contributed by atoms with Gasteiger partial charge in [0.15, 0.2) is 5.43 Å². The fraction of sp³-hybridized carbons (Fsp3) is 0.333. The molecule has 0 unspecified atom stereocenters. The molecule has 0 aliphatic carbocycles. The molecule has 2 aliphatic rings. The normalized spacial score (nSPS) is 19.0. The van der Waals surface area contributed by atoms with Crippen molar-refractivity contribution in [2.24, 2.45) is 0 Å². The third-order valence-corrected chi connectivity index (χ3v) is 6.84. The molecule has 0 saturated carbocycles. The van der Waals surface area contributed by atoms with Crippen LogP contribution in [0.4, 0.5) is 0 Å². The van der Waals surface area contributed by atoms with E-state index in [1.807, 2.05) is 12.1 Å². The van der Waals surface area contributed by atoms with Crippen LogP contribution in [0.5, 0.6) is 0 Å². The van der Waals surface area contributed by atoms with E-state index < -0.39 is 6.04 Å². The molecule has 166 valence electrons. The van der Waals surface area contributed by atoms with Crippen LogP contribution in [0.25, 0.3) is 11.0 Å². The van der Waals surface area contributed by atoms with Crippen LogP contribution in [0.15, 0.2) is 56.1 Å². The Morgan fingerprint density at radius 3 is 2.53 bits per heavy atom. The molecule has 1 amide bonds. The van der Waals surface area contributed by atoms with E-state index in [4.69, 9.17) is 20.8 Å². The molecule has 2 aliphatic heterocycles. The molecule has 32 heavy (non-hydrogen) atoms. The highest BCUT2D eigenvalue weighted by Gasteiger charge is 2.42. The number of benzene rings is 2. The summed E-state index contributed by atoms with van der Waals surface area (Å²) in [5.41, 5.74) is 1.48. The Kier molecular flexibility index (Phi) is 6.07. The van der Waals surface area contributed by atoms with Crippen molar-refractivity contribution in [3.05, 3.63) is 79.1 Å². The minimum absolute atomic E-state index is 0.135. The molecular weight excluding hydrogens is 496 g/mol. The minimum atomic E-state index is -0.501. The van der Waals surface area contributed by atoms with E-state index in [0.717, 1.165) is 49.3 Å². The van der Waals surface area contributed by atoms with Gasteiger partial charge in [0.1, 0.15) is 5.58 Å². The van der Waals surface area contributed by atoms with Gasteiger partial charge in [-0.1, -0.05) is 39.7 Å². The molecule has 3 heterocycles. The number of halogens is 2. The van der Waals surface area contributed by atoms with Crippen molar-refractivity contribution in [3.8, 4) is 0 Å². The monoisotopic (exact) mass is 516 g/mol. The zero-order valence-electron chi connectivity index (χ0n) is 17.4. The lowest BCUT2D eigenvalue weighted by Crippen LogP contribution is -2.38. The highest BCUT2D eigenvalue weighted by Crippen LogP contribution is 2.38. The molecule has 0 spiro atoms. The summed E-state index contributed by atoms with van der Waals surface area (Å²) in [5.74, 6) is -0.111. The van der Waals surface area contributed by atoms with E-state index in [0.29, 0.717) is 28.1 Å². The summed E-state index contributed by atoms with van der Waals surface area (Å²) in [7, 11) is 0. The van der Waals surface area contributed by atoms with Crippen molar-refractivity contribution < 1.29 is 13.9 Å². The van der Waals surface area contributed by atoms with Crippen molar-refractivity contribution >= 4 is 44.4 Å². The van der Waals surface area contributed by atoms with Crippen molar-refractivity contribution in [2.45, 2.75) is 12.5 Å². The van der Waals surface area contributed by atoms with Gasteiger partial charge >= 0.3 is 0 Å². The van der Waals surface area contributed by atoms with E-state index in [-0.39, 0.29) is 17.1 Å². The molecule has 0 N–H and O–H groups in total. The zero-order valence-corrected chi connectivity index (χ0v) is 19.7. The second-order valence-electron chi connectivity index (χ2n) is 8.07. The summed E-state index contributed by atoms with van der Waals surface area (Å²) in [4.78, 5) is 31.0.